The van der Waals surface area contributed by atoms with Crippen molar-refractivity contribution in [1.82, 2.24) is 0 Å². The van der Waals surface area contributed by atoms with Crippen LogP contribution in [0.2, 0.25) is 0 Å². The summed E-state index contributed by atoms with van der Waals surface area (Å²) in [6.07, 6.45) is 24.2. The van der Waals surface area contributed by atoms with Crippen molar-refractivity contribution in [1.29, 1.82) is 0 Å². The number of hydrogen-bond acceptors (Lipinski definition) is 1. The fourth-order valence-electron chi connectivity index (χ4n) is 1.96. The van der Waals surface area contributed by atoms with E-state index < -0.39 is 5.97 Å². The highest BCUT2D eigenvalue weighted by atomic mass is 16.4. The average molecular weight is 304 g/mol. The molecule has 0 aliphatic carbocycles. The van der Waals surface area contributed by atoms with E-state index in [-0.39, 0.29) is 6.42 Å². The number of rotatable bonds is 14. The Morgan fingerprint density at radius 3 is 2.14 bits per heavy atom. The third-order valence-corrected chi connectivity index (χ3v) is 3.27. The van der Waals surface area contributed by atoms with Gasteiger partial charge in [-0.3, -0.25) is 4.79 Å². The second-order valence-electron chi connectivity index (χ2n) is 5.47. The van der Waals surface area contributed by atoms with Crippen LogP contribution in [-0.4, -0.2) is 11.1 Å². The molecular formula is C20H32O2. The van der Waals surface area contributed by atoms with Gasteiger partial charge in [-0.25, -0.2) is 0 Å². The van der Waals surface area contributed by atoms with Crippen LogP contribution < -0.4 is 0 Å². The Balaban J connectivity index is 3.39. The smallest absolute Gasteiger partial charge is 0.303 e. The van der Waals surface area contributed by atoms with Crippen LogP contribution in [0.15, 0.2) is 42.2 Å². The Labute approximate surface area is 136 Å². The summed E-state index contributed by atoms with van der Waals surface area (Å²) in [6.45, 7) is 2.23. The maximum Gasteiger partial charge on any atom is 0.303 e. The zero-order valence-corrected chi connectivity index (χ0v) is 14.1. The Hall–Kier alpha value is -1.53. The lowest BCUT2D eigenvalue weighted by molar-refractivity contribution is -0.137. The SMILES string of the molecule is CCCCCC=CCC=CCCCC=C=CCCCC(=O)O. The van der Waals surface area contributed by atoms with E-state index in [9.17, 15) is 4.79 Å². The first kappa shape index (κ1) is 20.5. The fraction of sp³-hybridized carbons (Fsp3) is 0.600. The molecule has 0 spiro atoms. The predicted molar refractivity (Wildman–Crippen MR) is 95.0 cm³/mol. The third-order valence-electron chi connectivity index (χ3n) is 3.27. The summed E-state index contributed by atoms with van der Waals surface area (Å²) in [7, 11) is 0. The van der Waals surface area contributed by atoms with Crippen molar-refractivity contribution in [3.05, 3.63) is 42.2 Å². The van der Waals surface area contributed by atoms with E-state index in [1.807, 2.05) is 12.2 Å². The lowest BCUT2D eigenvalue weighted by Gasteiger charge is -1.91. The van der Waals surface area contributed by atoms with E-state index in [2.05, 4.69) is 37.0 Å². The van der Waals surface area contributed by atoms with Crippen molar-refractivity contribution in [3.8, 4) is 0 Å². The van der Waals surface area contributed by atoms with Crippen LogP contribution in [0.1, 0.15) is 77.6 Å². The summed E-state index contributed by atoms with van der Waals surface area (Å²) in [6, 6.07) is 0. The van der Waals surface area contributed by atoms with Gasteiger partial charge in [-0.2, -0.15) is 0 Å². The van der Waals surface area contributed by atoms with Crippen LogP contribution in [0.5, 0.6) is 0 Å². The molecule has 0 saturated carbocycles. The summed E-state index contributed by atoms with van der Waals surface area (Å²) < 4.78 is 0. The van der Waals surface area contributed by atoms with Crippen molar-refractivity contribution in [3.63, 3.8) is 0 Å². The molecule has 0 amide bonds. The highest BCUT2D eigenvalue weighted by Crippen LogP contribution is 2.02. The third kappa shape index (κ3) is 18.5. The summed E-state index contributed by atoms with van der Waals surface area (Å²) in [5.41, 5.74) is 3.12. The van der Waals surface area contributed by atoms with Crippen molar-refractivity contribution in [2.75, 3.05) is 0 Å². The number of carboxylic acid groups (broad SMARTS) is 1. The lowest BCUT2D eigenvalue weighted by Crippen LogP contribution is -1.92. The van der Waals surface area contributed by atoms with Crippen LogP contribution in [-0.2, 0) is 4.79 Å². The Morgan fingerprint density at radius 2 is 1.50 bits per heavy atom. The van der Waals surface area contributed by atoms with Gasteiger partial charge in [0.2, 0.25) is 0 Å². The van der Waals surface area contributed by atoms with Crippen LogP contribution in [0.3, 0.4) is 0 Å². The van der Waals surface area contributed by atoms with Crippen molar-refractivity contribution >= 4 is 5.97 Å². The van der Waals surface area contributed by atoms with Crippen molar-refractivity contribution < 1.29 is 9.90 Å². The summed E-state index contributed by atoms with van der Waals surface area (Å²) in [5, 5.41) is 8.49. The number of allylic oxidation sites excluding steroid dienone is 5. The number of carbonyl (C=O) groups is 1. The topological polar surface area (TPSA) is 37.3 Å². The van der Waals surface area contributed by atoms with E-state index in [1.165, 1.54) is 25.7 Å². The molecule has 0 bridgehead atoms. The van der Waals surface area contributed by atoms with E-state index in [0.717, 1.165) is 32.1 Å². The van der Waals surface area contributed by atoms with E-state index in [1.54, 1.807) is 0 Å². The second kappa shape index (κ2) is 17.5. The minimum Gasteiger partial charge on any atom is -0.481 e. The van der Waals surface area contributed by atoms with Gasteiger partial charge in [-0.15, -0.1) is 5.73 Å². The molecule has 0 aromatic carbocycles. The number of aliphatic carboxylic acids is 1. The minimum atomic E-state index is -0.722. The molecule has 2 nitrogen and oxygen atoms in total. The largest absolute Gasteiger partial charge is 0.481 e. The van der Waals surface area contributed by atoms with Crippen LogP contribution in [0, 0.1) is 0 Å². The Bertz CT molecular complexity index is 371. The molecule has 0 heterocycles. The van der Waals surface area contributed by atoms with E-state index in [4.69, 9.17) is 5.11 Å². The predicted octanol–water partition coefficient (Wildman–Crippen LogP) is 6.21. The molecule has 0 atom stereocenters. The van der Waals surface area contributed by atoms with Gasteiger partial charge in [0.25, 0.3) is 0 Å². The number of unbranched alkanes of at least 4 members (excludes halogenated alkanes) is 6. The number of carboxylic acids is 1. The monoisotopic (exact) mass is 304 g/mol. The van der Waals surface area contributed by atoms with Gasteiger partial charge in [0.15, 0.2) is 0 Å². The zero-order valence-electron chi connectivity index (χ0n) is 14.1. The molecule has 1 N–H and O–H groups in total. The standard InChI is InChI=1S/C20H32O2/c1-2-3-4-5-6-7-8-9-10-11-12-13-14-15-16-17-18-19-20(21)22/h6-7,9-10,14,16H,2-5,8,11-13,17-19H2,1H3,(H,21,22). The first-order chi connectivity index (χ1) is 10.8. The van der Waals surface area contributed by atoms with Crippen molar-refractivity contribution in [2.45, 2.75) is 77.6 Å². The minimum absolute atomic E-state index is 0.246. The molecule has 0 aliphatic heterocycles. The van der Waals surface area contributed by atoms with Crippen molar-refractivity contribution in [2.24, 2.45) is 0 Å². The molecule has 0 saturated heterocycles. The Kier molecular flexibility index (Phi) is 16.3. The van der Waals surface area contributed by atoms with Crippen LogP contribution in [0.25, 0.3) is 0 Å². The highest BCUT2D eigenvalue weighted by molar-refractivity contribution is 5.66. The molecule has 0 aliphatic rings. The molecule has 0 aromatic heterocycles. The normalized spacial score (nSPS) is 11.0. The van der Waals surface area contributed by atoms with Gasteiger partial charge in [0, 0.05) is 6.42 Å². The molecule has 0 fully saturated rings. The maximum atomic E-state index is 10.3. The average Bonchev–Trinajstić information content (AvgIpc) is 2.50. The molecule has 0 unspecified atom stereocenters. The lowest BCUT2D eigenvalue weighted by atomic mass is 10.2. The molecule has 22 heavy (non-hydrogen) atoms. The highest BCUT2D eigenvalue weighted by Gasteiger charge is 1.92. The van der Waals surface area contributed by atoms with E-state index >= 15 is 0 Å². The summed E-state index contributed by atoms with van der Waals surface area (Å²) in [5.74, 6) is -0.722. The quantitative estimate of drug-likeness (QED) is 0.235. The first-order valence-electron chi connectivity index (χ1n) is 8.68. The molecular weight excluding hydrogens is 272 g/mol. The van der Waals surface area contributed by atoms with Gasteiger partial charge < -0.3 is 5.11 Å². The van der Waals surface area contributed by atoms with Gasteiger partial charge in [-0.05, 0) is 63.5 Å². The van der Waals surface area contributed by atoms with Gasteiger partial charge in [-0.1, -0.05) is 44.1 Å². The molecule has 124 valence electrons. The molecule has 0 rings (SSSR count). The fourth-order valence-corrected chi connectivity index (χ4v) is 1.96. The Morgan fingerprint density at radius 1 is 0.864 bits per heavy atom. The summed E-state index contributed by atoms with van der Waals surface area (Å²) in [4.78, 5) is 10.3. The second-order valence-corrected chi connectivity index (χ2v) is 5.47. The van der Waals surface area contributed by atoms with E-state index in [0.29, 0.717) is 6.42 Å². The molecule has 2 heteroatoms. The van der Waals surface area contributed by atoms with Gasteiger partial charge in [0.1, 0.15) is 0 Å². The number of hydrogen-bond donors (Lipinski definition) is 1. The van der Waals surface area contributed by atoms with Crippen LogP contribution >= 0.6 is 0 Å². The van der Waals surface area contributed by atoms with Crippen LogP contribution in [0.4, 0.5) is 0 Å². The first-order valence-corrected chi connectivity index (χ1v) is 8.68. The molecule has 0 radical (unpaired) electrons. The zero-order chi connectivity index (χ0) is 16.3. The maximum absolute atomic E-state index is 10.3. The van der Waals surface area contributed by atoms with Gasteiger partial charge >= 0.3 is 5.97 Å². The van der Waals surface area contributed by atoms with Gasteiger partial charge in [0.05, 0.1) is 0 Å². The molecule has 0 aromatic rings. The summed E-state index contributed by atoms with van der Waals surface area (Å²) >= 11 is 0.